The molecule has 64 valence electrons. The van der Waals surface area contributed by atoms with Crippen molar-refractivity contribution < 1.29 is 24.6 Å². The predicted molar refractivity (Wildman–Crippen MR) is 48.5 cm³/mol. The van der Waals surface area contributed by atoms with Crippen molar-refractivity contribution in [1.82, 2.24) is 0 Å². The van der Waals surface area contributed by atoms with Crippen LogP contribution in [-0.2, 0) is 24.6 Å². The molecule has 0 aliphatic carbocycles. The zero-order chi connectivity index (χ0) is 8.69. The Morgan fingerprint density at radius 2 is 1.18 bits per heavy atom. The van der Waals surface area contributed by atoms with Gasteiger partial charge in [-0.1, -0.05) is 0 Å². The number of hydrogen-bond acceptors (Lipinski definition) is 0. The van der Waals surface area contributed by atoms with E-state index in [0.717, 1.165) is 11.8 Å². The fourth-order valence-corrected chi connectivity index (χ4v) is 11.2. The molecule has 0 amide bonds. The van der Waals surface area contributed by atoms with E-state index in [9.17, 15) is 0 Å². The monoisotopic (exact) mass is 344 g/mol. The van der Waals surface area contributed by atoms with Crippen LogP contribution in [0.2, 0.25) is 7.86 Å². The molecule has 1 heteroatoms. The van der Waals surface area contributed by atoms with Crippen LogP contribution in [-0.4, -0.2) is 0 Å². The molecule has 0 radical (unpaired) electrons. The molecule has 0 aromatic rings. The summed E-state index contributed by atoms with van der Waals surface area (Å²) in [5, 5.41) is 0. The first-order chi connectivity index (χ1) is 5.13. The molecule has 0 rings (SSSR count). The third kappa shape index (κ3) is 10.9. The molecule has 0 saturated carbocycles. The second-order valence-corrected chi connectivity index (χ2v) is 12.7. The average molecular weight is 343 g/mol. The van der Waals surface area contributed by atoms with Crippen molar-refractivity contribution in [2.45, 2.75) is 48.4 Å². The summed E-state index contributed by atoms with van der Waals surface area (Å²) in [6, 6.07) is 0. The zero-order valence-electron chi connectivity index (χ0n) is 8.69. The zero-order valence-corrected chi connectivity index (χ0v) is 14.2. The van der Waals surface area contributed by atoms with E-state index < -0.39 is 0 Å². The van der Waals surface area contributed by atoms with Gasteiger partial charge in [-0.2, -0.15) is 0 Å². The van der Waals surface area contributed by atoms with Gasteiger partial charge in [-0.05, 0) is 0 Å². The van der Waals surface area contributed by atoms with Gasteiger partial charge in [-0.15, -0.1) is 0 Å². The molecule has 0 aliphatic rings. The fraction of sp³-hybridized carbons (Fsp3) is 1.00. The third-order valence-corrected chi connectivity index (χ3v) is 9.12. The van der Waals surface area contributed by atoms with Crippen LogP contribution in [0.3, 0.4) is 0 Å². The maximum absolute atomic E-state index is 2.34. The summed E-state index contributed by atoms with van der Waals surface area (Å²) in [6.45, 7) is 9.37. The number of hydrogen-bond donors (Lipinski definition) is 0. The van der Waals surface area contributed by atoms with Crippen molar-refractivity contribution in [2.24, 2.45) is 11.8 Å². The second-order valence-electron chi connectivity index (χ2n) is 4.43. The second kappa shape index (κ2) is 7.58. The van der Waals surface area contributed by atoms with Crippen LogP contribution in [0.4, 0.5) is 0 Å². The van der Waals surface area contributed by atoms with Crippen molar-refractivity contribution in [3.05, 3.63) is 0 Å². The van der Waals surface area contributed by atoms with Crippen LogP contribution in [0.1, 0.15) is 40.5 Å². The van der Waals surface area contributed by atoms with E-state index in [2.05, 4.69) is 27.7 Å². The van der Waals surface area contributed by atoms with Gasteiger partial charge in [-0.3, -0.25) is 0 Å². The molecule has 0 fully saturated rings. The van der Waals surface area contributed by atoms with Gasteiger partial charge in [0.05, 0.1) is 0 Å². The SMILES string of the molecule is CC(C)C[CH2][Hg][CH2]CC(C)C. The van der Waals surface area contributed by atoms with Crippen molar-refractivity contribution in [1.29, 1.82) is 0 Å². The average Bonchev–Trinajstić information content (AvgIpc) is 1.85. The van der Waals surface area contributed by atoms with E-state index in [1.54, 1.807) is 7.86 Å². The molecule has 11 heavy (non-hydrogen) atoms. The predicted octanol–water partition coefficient (Wildman–Crippen LogP) is 4.00. The molecule has 0 aromatic heterocycles. The van der Waals surface area contributed by atoms with E-state index in [0.29, 0.717) is 0 Å². The molecule has 0 heterocycles. The van der Waals surface area contributed by atoms with Crippen LogP contribution >= 0.6 is 0 Å². The Kier molecular flexibility index (Phi) is 8.22. The van der Waals surface area contributed by atoms with Crippen molar-refractivity contribution >= 4 is 0 Å². The summed E-state index contributed by atoms with van der Waals surface area (Å²) < 4.78 is 3.31. The topological polar surface area (TPSA) is 0 Å². The van der Waals surface area contributed by atoms with Crippen molar-refractivity contribution in [3.8, 4) is 0 Å². The normalized spacial score (nSPS) is 10.7. The molecule has 0 aliphatic heterocycles. The third-order valence-electron chi connectivity index (χ3n) is 2.06. The Hall–Kier alpha value is 0.935. The van der Waals surface area contributed by atoms with E-state index in [-0.39, 0.29) is 24.6 Å². The van der Waals surface area contributed by atoms with E-state index in [1.807, 2.05) is 0 Å². The molecule has 0 aromatic carbocycles. The summed E-state index contributed by atoms with van der Waals surface area (Å²) in [6.07, 6.45) is 3.03. The Bertz CT molecular complexity index is 66.9. The van der Waals surface area contributed by atoms with E-state index in [1.165, 1.54) is 12.8 Å². The maximum atomic E-state index is 2.34. The van der Waals surface area contributed by atoms with E-state index in [4.69, 9.17) is 0 Å². The summed E-state index contributed by atoms with van der Waals surface area (Å²) in [7, 11) is 0. The summed E-state index contributed by atoms with van der Waals surface area (Å²) >= 11 is -0.343. The summed E-state index contributed by atoms with van der Waals surface area (Å²) in [4.78, 5) is 0. The molecule has 0 spiro atoms. The summed E-state index contributed by atoms with van der Waals surface area (Å²) in [5.41, 5.74) is 0. The molecular formula is C10H22Hg. The number of rotatable bonds is 6. The molecular weight excluding hydrogens is 321 g/mol. The molecule has 0 atom stereocenters. The Morgan fingerprint density at radius 1 is 0.818 bits per heavy atom. The molecule has 0 saturated heterocycles. The van der Waals surface area contributed by atoms with Crippen LogP contribution in [0.5, 0.6) is 0 Å². The first-order valence-corrected chi connectivity index (χ1v) is 12.9. The van der Waals surface area contributed by atoms with Gasteiger partial charge in [0.1, 0.15) is 0 Å². The molecule has 0 nitrogen and oxygen atoms in total. The quantitative estimate of drug-likeness (QED) is 0.505. The first kappa shape index (κ1) is 11.9. The standard InChI is InChI=1S/2C5H11.Hg/c2*1-4-5(2)3;/h2*5H,1,4H2,2-3H3;. The van der Waals surface area contributed by atoms with Gasteiger partial charge in [0.2, 0.25) is 0 Å². The van der Waals surface area contributed by atoms with Crippen LogP contribution < -0.4 is 0 Å². The first-order valence-electron chi connectivity index (χ1n) is 5.13. The Balaban J connectivity index is 2.91. The Morgan fingerprint density at radius 3 is 1.45 bits per heavy atom. The molecule has 0 bridgehead atoms. The van der Waals surface area contributed by atoms with Gasteiger partial charge >= 0.3 is 84.8 Å². The van der Waals surface area contributed by atoms with E-state index >= 15 is 0 Å². The van der Waals surface area contributed by atoms with Crippen LogP contribution in [0.15, 0.2) is 0 Å². The molecule has 0 unspecified atom stereocenters. The minimum atomic E-state index is -0.343. The van der Waals surface area contributed by atoms with Gasteiger partial charge in [0.25, 0.3) is 0 Å². The van der Waals surface area contributed by atoms with Gasteiger partial charge in [0.15, 0.2) is 0 Å². The Labute approximate surface area is 84.6 Å². The van der Waals surface area contributed by atoms with Gasteiger partial charge in [0, 0.05) is 0 Å². The van der Waals surface area contributed by atoms with Gasteiger partial charge in [-0.25, -0.2) is 0 Å². The van der Waals surface area contributed by atoms with Crippen LogP contribution in [0, 0.1) is 11.8 Å². The van der Waals surface area contributed by atoms with Crippen molar-refractivity contribution in [3.63, 3.8) is 0 Å². The van der Waals surface area contributed by atoms with Crippen molar-refractivity contribution in [2.75, 3.05) is 0 Å². The summed E-state index contributed by atoms with van der Waals surface area (Å²) in [5.74, 6) is 1.91. The fourth-order valence-electron chi connectivity index (χ4n) is 1.28. The van der Waals surface area contributed by atoms with Gasteiger partial charge < -0.3 is 0 Å². The molecule has 0 N–H and O–H groups in total. The van der Waals surface area contributed by atoms with Crippen LogP contribution in [0.25, 0.3) is 0 Å². The minimum absolute atomic E-state index is 0.343.